The maximum absolute atomic E-state index is 13.2. The summed E-state index contributed by atoms with van der Waals surface area (Å²) in [4.78, 5) is 13.3. The number of carbonyl (C=O) groups excluding carboxylic acids is 1. The molecule has 10 nitrogen and oxygen atoms in total. The molecule has 0 fully saturated rings. The number of aromatic hydroxyl groups is 1. The van der Waals surface area contributed by atoms with Crippen molar-refractivity contribution in [1.82, 2.24) is 4.31 Å². The molecule has 4 rings (SSSR count). The van der Waals surface area contributed by atoms with Crippen molar-refractivity contribution in [3.63, 3.8) is 0 Å². The topological polar surface area (TPSA) is 130 Å². The summed E-state index contributed by atoms with van der Waals surface area (Å²) in [5.41, 5.74) is 0.508. The third kappa shape index (κ3) is 6.12. The number of nitrogens with one attached hydrogen (secondary N) is 1. The number of fused-ring (bicyclic) bond motifs is 1. The molecule has 0 unspecified atom stereocenters. The number of phenols is 1. The number of hydrogen-bond donors (Lipinski definition) is 2. The van der Waals surface area contributed by atoms with Crippen LogP contribution in [0.3, 0.4) is 0 Å². The number of azo groups is 1. The second kappa shape index (κ2) is 12.5. The van der Waals surface area contributed by atoms with Gasteiger partial charge in [0, 0.05) is 24.2 Å². The molecule has 4 aromatic carbocycles. The van der Waals surface area contributed by atoms with E-state index in [0.29, 0.717) is 40.3 Å². The first kappa shape index (κ1) is 29.8. The fourth-order valence-corrected chi connectivity index (χ4v) is 6.00. The van der Waals surface area contributed by atoms with Crippen LogP contribution < -0.4 is 14.8 Å². The van der Waals surface area contributed by atoms with E-state index in [1.807, 2.05) is 0 Å². The number of methoxy groups -OCH3 is 2. The van der Waals surface area contributed by atoms with Crippen molar-refractivity contribution in [3.8, 4) is 17.2 Å². The van der Waals surface area contributed by atoms with Gasteiger partial charge < -0.3 is 19.9 Å². The number of anilines is 1. The number of carbonyl (C=O) groups is 1. The monoisotopic (exact) mass is 596 g/mol. The molecule has 0 aliphatic carbocycles. The van der Waals surface area contributed by atoms with Crippen LogP contribution in [0, 0.1) is 0 Å². The lowest BCUT2D eigenvalue weighted by Crippen LogP contribution is -2.30. The number of ether oxygens (including phenoxy) is 2. The number of hydrogen-bond acceptors (Lipinski definition) is 8. The minimum atomic E-state index is -3.77. The fraction of sp³-hybridized carbons (Fsp3) is 0.207. The van der Waals surface area contributed by atoms with Crippen LogP contribution >= 0.6 is 11.6 Å². The minimum absolute atomic E-state index is 0.0244. The molecule has 41 heavy (non-hydrogen) atoms. The predicted molar refractivity (Wildman–Crippen MR) is 159 cm³/mol. The molecule has 0 radical (unpaired) electrons. The van der Waals surface area contributed by atoms with Crippen LogP contribution in [0.5, 0.6) is 17.2 Å². The van der Waals surface area contributed by atoms with Gasteiger partial charge in [0.25, 0.3) is 5.91 Å². The first-order chi connectivity index (χ1) is 19.6. The third-order valence-corrected chi connectivity index (χ3v) is 8.74. The van der Waals surface area contributed by atoms with Crippen LogP contribution in [0.1, 0.15) is 24.2 Å². The van der Waals surface area contributed by atoms with Crippen molar-refractivity contribution < 1.29 is 27.8 Å². The maximum atomic E-state index is 13.2. The van der Waals surface area contributed by atoms with E-state index in [1.54, 1.807) is 56.3 Å². The Morgan fingerprint density at radius 2 is 1.63 bits per heavy atom. The molecule has 0 saturated heterocycles. The summed E-state index contributed by atoms with van der Waals surface area (Å²) >= 11 is 6.19. The molecule has 0 aliphatic rings. The first-order valence-electron chi connectivity index (χ1n) is 12.6. The van der Waals surface area contributed by atoms with Gasteiger partial charge in [0.05, 0.1) is 29.7 Å². The van der Waals surface area contributed by atoms with Gasteiger partial charge >= 0.3 is 0 Å². The molecule has 214 valence electrons. The van der Waals surface area contributed by atoms with Gasteiger partial charge in [-0.3, -0.25) is 4.79 Å². The number of halogens is 1. The van der Waals surface area contributed by atoms with Crippen molar-refractivity contribution in [2.75, 3.05) is 32.6 Å². The number of benzene rings is 4. The zero-order chi connectivity index (χ0) is 29.7. The quantitative estimate of drug-likeness (QED) is 0.191. The van der Waals surface area contributed by atoms with E-state index in [4.69, 9.17) is 21.1 Å². The van der Waals surface area contributed by atoms with Gasteiger partial charge in [-0.2, -0.15) is 4.31 Å². The standard InChI is InChI=1S/C29H29ClN4O6S/c1-5-34(6-2)41(37,38)20-12-14-26(40-4)24(17-20)32-33-27-21-10-8-7-9-18(21)15-22(28(27)35)29(36)31-19-11-13-25(39-3)23(30)16-19/h7-17,35H,5-6H2,1-4H3,(H,31,36). The first-order valence-corrected chi connectivity index (χ1v) is 14.5. The SMILES string of the molecule is CCN(CC)S(=O)(=O)c1ccc(OC)c(N=Nc2c(O)c(C(=O)Nc3ccc(OC)c(Cl)c3)cc3ccccc23)c1. The molecule has 0 aromatic heterocycles. The average Bonchev–Trinajstić information content (AvgIpc) is 2.96. The summed E-state index contributed by atoms with van der Waals surface area (Å²) in [6.07, 6.45) is 0. The molecule has 0 spiro atoms. The smallest absolute Gasteiger partial charge is 0.259 e. The Balaban J connectivity index is 1.78. The van der Waals surface area contributed by atoms with E-state index in [1.165, 1.54) is 42.8 Å². The van der Waals surface area contributed by atoms with E-state index >= 15 is 0 Å². The van der Waals surface area contributed by atoms with Crippen LogP contribution in [-0.4, -0.2) is 51.0 Å². The highest BCUT2D eigenvalue weighted by molar-refractivity contribution is 7.89. The maximum Gasteiger partial charge on any atom is 0.259 e. The minimum Gasteiger partial charge on any atom is -0.505 e. The summed E-state index contributed by atoms with van der Waals surface area (Å²) in [5, 5.41) is 23.9. The zero-order valence-corrected chi connectivity index (χ0v) is 24.5. The number of amides is 1. The molecule has 0 heterocycles. The number of phenolic OH excluding ortho intramolecular Hbond substituents is 1. The Bertz CT molecular complexity index is 1740. The zero-order valence-electron chi connectivity index (χ0n) is 22.9. The molecule has 0 saturated carbocycles. The summed E-state index contributed by atoms with van der Waals surface area (Å²) in [7, 11) is -0.862. The van der Waals surface area contributed by atoms with Gasteiger partial charge in [-0.1, -0.05) is 49.7 Å². The van der Waals surface area contributed by atoms with Crippen LogP contribution in [-0.2, 0) is 10.0 Å². The van der Waals surface area contributed by atoms with Gasteiger partial charge in [-0.15, -0.1) is 10.2 Å². The largest absolute Gasteiger partial charge is 0.505 e. The molecule has 0 bridgehead atoms. The summed E-state index contributed by atoms with van der Waals surface area (Å²) in [6, 6.07) is 17.6. The number of sulfonamides is 1. The Morgan fingerprint density at radius 1 is 0.951 bits per heavy atom. The second-order valence-corrected chi connectivity index (χ2v) is 11.1. The number of nitrogens with zero attached hydrogens (tertiary/aromatic N) is 3. The van der Waals surface area contributed by atoms with Crippen molar-refractivity contribution in [1.29, 1.82) is 0 Å². The molecule has 4 aromatic rings. The summed E-state index contributed by atoms with van der Waals surface area (Å²) in [6.45, 7) is 4.12. The third-order valence-electron chi connectivity index (χ3n) is 6.40. The summed E-state index contributed by atoms with van der Waals surface area (Å²) in [5.74, 6) is -0.280. The van der Waals surface area contributed by atoms with Gasteiger partial charge in [0.2, 0.25) is 10.0 Å². The van der Waals surface area contributed by atoms with Gasteiger partial charge in [-0.05, 0) is 47.9 Å². The van der Waals surface area contributed by atoms with Crippen LogP contribution in [0.2, 0.25) is 5.02 Å². The highest BCUT2D eigenvalue weighted by Crippen LogP contribution is 2.41. The molecule has 12 heteroatoms. The molecule has 1 amide bonds. The Hall–Kier alpha value is -4.19. The van der Waals surface area contributed by atoms with Crippen LogP contribution in [0.4, 0.5) is 17.1 Å². The van der Waals surface area contributed by atoms with Gasteiger partial charge in [0.1, 0.15) is 22.9 Å². The van der Waals surface area contributed by atoms with Crippen molar-refractivity contribution in [2.24, 2.45) is 10.2 Å². The van der Waals surface area contributed by atoms with Crippen molar-refractivity contribution in [3.05, 3.63) is 77.3 Å². The van der Waals surface area contributed by atoms with E-state index in [0.717, 1.165) is 0 Å². The lowest BCUT2D eigenvalue weighted by Gasteiger charge is -2.18. The van der Waals surface area contributed by atoms with E-state index < -0.39 is 21.7 Å². The molecule has 2 N–H and O–H groups in total. The second-order valence-electron chi connectivity index (χ2n) is 8.77. The Kier molecular flexibility index (Phi) is 9.11. The van der Waals surface area contributed by atoms with Gasteiger partial charge in [0.15, 0.2) is 5.75 Å². The highest BCUT2D eigenvalue weighted by atomic mass is 35.5. The highest BCUT2D eigenvalue weighted by Gasteiger charge is 2.23. The van der Waals surface area contributed by atoms with Crippen LogP contribution in [0.25, 0.3) is 10.8 Å². The normalized spacial score (nSPS) is 11.8. The van der Waals surface area contributed by atoms with E-state index in [2.05, 4.69) is 15.5 Å². The van der Waals surface area contributed by atoms with Crippen molar-refractivity contribution >= 4 is 55.4 Å². The van der Waals surface area contributed by atoms with Crippen LogP contribution in [0.15, 0.2) is 81.9 Å². The predicted octanol–water partition coefficient (Wildman–Crippen LogP) is 6.91. The molecular weight excluding hydrogens is 568 g/mol. The van der Waals surface area contributed by atoms with Gasteiger partial charge in [-0.25, -0.2) is 8.42 Å². The molecule has 0 aliphatic heterocycles. The summed E-state index contributed by atoms with van der Waals surface area (Å²) < 4.78 is 38.0. The molecular formula is C29H29ClN4O6S. The molecule has 0 atom stereocenters. The van der Waals surface area contributed by atoms with E-state index in [9.17, 15) is 18.3 Å². The fourth-order valence-electron chi connectivity index (χ4n) is 4.26. The van der Waals surface area contributed by atoms with E-state index in [-0.39, 0.29) is 27.6 Å². The lowest BCUT2D eigenvalue weighted by atomic mass is 10.0. The lowest BCUT2D eigenvalue weighted by molar-refractivity contribution is 0.102. The average molecular weight is 597 g/mol. The number of rotatable bonds is 10. The Morgan fingerprint density at radius 3 is 2.29 bits per heavy atom. The Labute approximate surface area is 243 Å². The van der Waals surface area contributed by atoms with Crippen molar-refractivity contribution in [2.45, 2.75) is 18.7 Å².